The summed E-state index contributed by atoms with van der Waals surface area (Å²) in [6.45, 7) is 2.26. The number of hydrogen-bond acceptors (Lipinski definition) is 5. The minimum Gasteiger partial charge on any atom is -0.476 e. The smallest absolute Gasteiger partial charge is 0.355 e. The Balaban J connectivity index is 1.79. The fourth-order valence-electron chi connectivity index (χ4n) is 1.58. The van der Waals surface area contributed by atoms with Crippen molar-refractivity contribution in [3.63, 3.8) is 0 Å². The molecule has 21 heavy (non-hydrogen) atoms. The third-order valence-electron chi connectivity index (χ3n) is 2.66. The number of aromatic carboxylic acids is 1. The van der Waals surface area contributed by atoms with E-state index in [2.05, 4.69) is 10.3 Å². The van der Waals surface area contributed by atoms with Crippen LogP contribution in [0.1, 0.15) is 21.1 Å². The Morgan fingerprint density at radius 1 is 1.38 bits per heavy atom. The van der Waals surface area contributed by atoms with Crippen LogP contribution in [0.5, 0.6) is 0 Å². The molecule has 1 aromatic carbocycles. The fraction of sp³-hybridized carbons (Fsp3) is 0.214. The summed E-state index contributed by atoms with van der Waals surface area (Å²) in [5.74, 6) is -0.837. The lowest BCUT2D eigenvalue weighted by Crippen LogP contribution is -2.24. The number of hydrogen-bond donors (Lipinski definition) is 2. The molecule has 0 bridgehead atoms. The molecule has 1 heterocycles. The molecule has 0 aliphatic heterocycles. The zero-order chi connectivity index (χ0) is 15.2. The SMILES string of the molecule is Cc1ccccc1SCC(=O)NCc1nc(C(=O)O)cs1. The Hall–Kier alpha value is -1.86. The van der Waals surface area contributed by atoms with Crippen LogP contribution in [0.15, 0.2) is 34.5 Å². The van der Waals surface area contributed by atoms with Crippen molar-refractivity contribution >= 4 is 35.0 Å². The van der Waals surface area contributed by atoms with Gasteiger partial charge in [0.05, 0.1) is 12.3 Å². The first-order valence-corrected chi connectivity index (χ1v) is 8.05. The van der Waals surface area contributed by atoms with Crippen molar-refractivity contribution in [3.8, 4) is 0 Å². The van der Waals surface area contributed by atoms with Gasteiger partial charge in [-0.25, -0.2) is 9.78 Å². The zero-order valence-electron chi connectivity index (χ0n) is 11.3. The predicted molar refractivity (Wildman–Crippen MR) is 82.8 cm³/mol. The maximum atomic E-state index is 11.8. The van der Waals surface area contributed by atoms with E-state index in [4.69, 9.17) is 5.11 Å². The van der Waals surface area contributed by atoms with Crippen molar-refractivity contribution in [3.05, 3.63) is 45.9 Å². The number of nitrogens with zero attached hydrogens (tertiary/aromatic N) is 1. The number of benzene rings is 1. The number of nitrogens with one attached hydrogen (secondary N) is 1. The van der Waals surface area contributed by atoms with Crippen molar-refractivity contribution in [2.24, 2.45) is 0 Å². The summed E-state index contributed by atoms with van der Waals surface area (Å²) < 4.78 is 0. The number of rotatable bonds is 6. The molecule has 0 unspecified atom stereocenters. The van der Waals surface area contributed by atoms with Crippen LogP contribution in [0.3, 0.4) is 0 Å². The van der Waals surface area contributed by atoms with Crippen molar-refractivity contribution in [1.29, 1.82) is 0 Å². The summed E-state index contributed by atoms with van der Waals surface area (Å²) in [5, 5.41) is 13.6. The maximum Gasteiger partial charge on any atom is 0.355 e. The molecule has 1 amide bonds. The summed E-state index contributed by atoms with van der Waals surface area (Å²) in [7, 11) is 0. The highest BCUT2D eigenvalue weighted by Gasteiger charge is 2.10. The number of carboxylic acids is 1. The average molecular weight is 322 g/mol. The van der Waals surface area contributed by atoms with E-state index in [1.54, 1.807) is 0 Å². The zero-order valence-corrected chi connectivity index (χ0v) is 13.0. The number of thiazole rings is 1. The number of carbonyl (C=O) groups excluding carboxylic acids is 1. The number of amides is 1. The Kier molecular flexibility index (Phi) is 5.35. The van der Waals surface area contributed by atoms with Gasteiger partial charge in [0, 0.05) is 10.3 Å². The molecule has 0 atom stereocenters. The molecular weight excluding hydrogens is 308 g/mol. The van der Waals surface area contributed by atoms with Gasteiger partial charge in [-0.15, -0.1) is 23.1 Å². The largest absolute Gasteiger partial charge is 0.476 e. The van der Waals surface area contributed by atoms with E-state index in [-0.39, 0.29) is 18.1 Å². The monoisotopic (exact) mass is 322 g/mol. The normalized spacial score (nSPS) is 10.3. The van der Waals surface area contributed by atoms with E-state index >= 15 is 0 Å². The highest BCUT2D eigenvalue weighted by Crippen LogP contribution is 2.21. The number of carboxylic acid groups (broad SMARTS) is 1. The molecule has 2 aromatic rings. The summed E-state index contributed by atoms with van der Waals surface area (Å²) in [5.41, 5.74) is 1.15. The van der Waals surface area contributed by atoms with Gasteiger partial charge in [0.2, 0.25) is 5.91 Å². The second-order valence-electron chi connectivity index (χ2n) is 4.26. The van der Waals surface area contributed by atoms with Crippen LogP contribution in [0, 0.1) is 6.92 Å². The molecule has 0 aliphatic carbocycles. The Morgan fingerprint density at radius 2 is 2.14 bits per heavy atom. The minimum atomic E-state index is -1.06. The molecule has 1 aromatic heterocycles. The molecule has 0 saturated heterocycles. The Bertz CT molecular complexity index is 655. The predicted octanol–water partition coefficient (Wildman–Crippen LogP) is 2.56. The summed E-state index contributed by atoms with van der Waals surface area (Å²) in [4.78, 5) is 27.5. The Labute approximate surface area is 130 Å². The lowest BCUT2D eigenvalue weighted by atomic mass is 10.2. The number of aryl methyl sites for hydroxylation is 1. The van der Waals surface area contributed by atoms with Crippen LogP contribution < -0.4 is 5.32 Å². The van der Waals surface area contributed by atoms with Crippen molar-refractivity contribution in [2.75, 3.05) is 5.75 Å². The van der Waals surface area contributed by atoms with Gasteiger partial charge in [0.1, 0.15) is 5.01 Å². The Morgan fingerprint density at radius 3 is 2.81 bits per heavy atom. The second kappa shape index (κ2) is 7.24. The lowest BCUT2D eigenvalue weighted by molar-refractivity contribution is -0.118. The molecule has 2 rings (SSSR count). The molecular formula is C14H14N2O3S2. The summed E-state index contributed by atoms with van der Waals surface area (Å²) in [6, 6.07) is 7.88. The first-order chi connectivity index (χ1) is 10.1. The van der Waals surface area contributed by atoms with Gasteiger partial charge < -0.3 is 10.4 Å². The van der Waals surface area contributed by atoms with E-state index in [1.165, 1.54) is 28.5 Å². The van der Waals surface area contributed by atoms with Crippen molar-refractivity contribution < 1.29 is 14.7 Å². The number of thioether (sulfide) groups is 1. The molecule has 5 nitrogen and oxygen atoms in total. The van der Waals surface area contributed by atoms with Crippen molar-refractivity contribution in [1.82, 2.24) is 10.3 Å². The molecule has 0 fully saturated rings. The van der Waals surface area contributed by atoms with Crippen LogP contribution >= 0.6 is 23.1 Å². The van der Waals surface area contributed by atoms with Gasteiger partial charge in [-0.05, 0) is 18.6 Å². The molecule has 110 valence electrons. The summed E-state index contributed by atoms with van der Waals surface area (Å²) in [6.07, 6.45) is 0. The van der Waals surface area contributed by atoms with Gasteiger partial charge in [-0.2, -0.15) is 0 Å². The van der Waals surface area contributed by atoms with Gasteiger partial charge in [-0.1, -0.05) is 18.2 Å². The quantitative estimate of drug-likeness (QED) is 0.799. The molecule has 0 spiro atoms. The van der Waals surface area contributed by atoms with E-state index in [1.807, 2.05) is 31.2 Å². The van der Waals surface area contributed by atoms with Gasteiger partial charge in [0.25, 0.3) is 0 Å². The van der Waals surface area contributed by atoms with E-state index in [0.717, 1.165) is 10.5 Å². The molecule has 0 radical (unpaired) electrons. The third kappa shape index (κ3) is 4.57. The van der Waals surface area contributed by atoms with Gasteiger partial charge in [-0.3, -0.25) is 4.79 Å². The first-order valence-electron chi connectivity index (χ1n) is 6.19. The standard InChI is InChI=1S/C14H14N2O3S2/c1-9-4-2-3-5-11(9)20-8-12(17)15-6-13-16-10(7-21-13)14(18)19/h2-5,7H,6,8H2,1H3,(H,15,17)(H,18,19). The topological polar surface area (TPSA) is 79.3 Å². The highest BCUT2D eigenvalue weighted by atomic mass is 32.2. The second-order valence-corrected chi connectivity index (χ2v) is 6.22. The number of carbonyl (C=O) groups is 2. The van der Waals surface area contributed by atoms with E-state index in [9.17, 15) is 9.59 Å². The van der Waals surface area contributed by atoms with Gasteiger partial charge in [0.15, 0.2) is 5.69 Å². The molecule has 2 N–H and O–H groups in total. The lowest BCUT2D eigenvalue weighted by Gasteiger charge is -2.05. The van der Waals surface area contributed by atoms with E-state index < -0.39 is 5.97 Å². The van der Waals surface area contributed by atoms with Gasteiger partial charge >= 0.3 is 5.97 Å². The maximum absolute atomic E-state index is 11.8. The van der Waals surface area contributed by atoms with E-state index in [0.29, 0.717) is 10.8 Å². The minimum absolute atomic E-state index is 0.0125. The first kappa shape index (κ1) is 15.5. The van der Waals surface area contributed by atoms with Crippen LogP contribution in [-0.4, -0.2) is 27.7 Å². The molecule has 0 aliphatic rings. The molecule has 7 heteroatoms. The number of aromatic nitrogens is 1. The summed E-state index contributed by atoms with van der Waals surface area (Å²) >= 11 is 2.70. The van der Waals surface area contributed by atoms with Crippen LogP contribution in [0.25, 0.3) is 0 Å². The van der Waals surface area contributed by atoms with Crippen LogP contribution in [0.4, 0.5) is 0 Å². The molecule has 0 saturated carbocycles. The van der Waals surface area contributed by atoms with Crippen molar-refractivity contribution in [2.45, 2.75) is 18.4 Å². The fourth-order valence-corrected chi connectivity index (χ4v) is 3.14. The van der Waals surface area contributed by atoms with Crippen LogP contribution in [-0.2, 0) is 11.3 Å². The average Bonchev–Trinajstić information content (AvgIpc) is 2.93. The third-order valence-corrected chi connectivity index (χ3v) is 4.68. The van der Waals surface area contributed by atoms with Crippen LogP contribution in [0.2, 0.25) is 0 Å². The highest BCUT2D eigenvalue weighted by molar-refractivity contribution is 8.00.